The number of nitrogens with zero attached hydrogens (tertiary/aromatic N) is 2. The van der Waals surface area contributed by atoms with Crippen molar-refractivity contribution in [3.8, 4) is 0 Å². The fourth-order valence-electron chi connectivity index (χ4n) is 1.62. The van der Waals surface area contributed by atoms with Crippen LogP contribution in [0, 0.1) is 0 Å². The number of furan rings is 1. The van der Waals surface area contributed by atoms with E-state index >= 15 is 0 Å². The molecule has 0 bridgehead atoms. The molecule has 0 fully saturated rings. The van der Waals surface area contributed by atoms with E-state index in [0.717, 1.165) is 17.8 Å². The second kappa shape index (κ2) is 7.59. The van der Waals surface area contributed by atoms with Gasteiger partial charge >= 0.3 is 0 Å². The molecule has 0 saturated carbocycles. The van der Waals surface area contributed by atoms with Gasteiger partial charge in [0.1, 0.15) is 10.8 Å². The van der Waals surface area contributed by atoms with Gasteiger partial charge in [0, 0.05) is 12.5 Å². The van der Waals surface area contributed by atoms with Crippen molar-refractivity contribution in [3.05, 3.63) is 35.2 Å². The maximum Gasteiger partial charge on any atom is 0.250 e. The van der Waals surface area contributed by atoms with Gasteiger partial charge in [-0.1, -0.05) is 31.1 Å². The van der Waals surface area contributed by atoms with Crippen molar-refractivity contribution < 1.29 is 9.21 Å². The van der Waals surface area contributed by atoms with E-state index in [2.05, 4.69) is 22.4 Å². The van der Waals surface area contributed by atoms with Gasteiger partial charge in [-0.15, -0.1) is 10.2 Å². The van der Waals surface area contributed by atoms with Gasteiger partial charge in [0.25, 0.3) is 0 Å². The molecule has 2 heterocycles. The average Bonchev–Trinajstić information content (AvgIpc) is 3.08. The first-order valence-electron chi connectivity index (χ1n) is 6.63. The number of aryl methyl sites for hydroxylation is 1. The summed E-state index contributed by atoms with van der Waals surface area (Å²) in [4.78, 5) is 11.7. The van der Waals surface area contributed by atoms with E-state index < -0.39 is 0 Å². The molecule has 0 unspecified atom stereocenters. The minimum absolute atomic E-state index is 0.238. The van der Waals surface area contributed by atoms with Gasteiger partial charge in [-0.25, -0.2) is 0 Å². The molecule has 0 radical (unpaired) electrons. The smallest absolute Gasteiger partial charge is 0.250 e. The predicted molar refractivity (Wildman–Crippen MR) is 79.5 cm³/mol. The fourth-order valence-corrected chi connectivity index (χ4v) is 2.41. The zero-order chi connectivity index (χ0) is 14.2. The van der Waals surface area contributed by atoms with Crippen molar-refractivity contribution in [1.82, 2.24) is 10.2 Å². The van der Waals surface area contributed by atoms with Crippen LogP contribution in [0.2, 0.25) is 0 Å². The lowest BCUT2D eigenvalue weighted by Crippen LogP contribution is -2.07. The van der Waals surface area contributed by atoms with Crippen LogP contribution in [0.3, 0.4) is 0 Å². The number of hydrogen-bond acceptors (Lipinski definition) is 5. The van der Waals surface area contributed by atoms with Crippen LogP contribution < -0.4 is 5.32 Å². The summed E-state index contributed by atoms with van der Waals surface area (Å²) in [7, 11) is 0. The highest BCUT2D eigenvalue weighted by molar-refractivity contribution is 7.15. The Bertz CT molecular complexity index is 561. The first kappa shape index (κ1) is 14.5. The van der Waals surface area contributed by atoms with Crippen LogP contribution in [0.15, 0.2) is 28.9 Å². The zero-order valence-corrected chi connectivity index (χ0v) is 12.2. The highest BCUT2D eigenvalue weighted by atomic mass is 32.1. The maximum atomic E-state index is 11.7. The second-order valence-corrected chi connectivity index (χ2v) is 5.36. The topological polar surface area (TPSA) is 68.0 Å². The van der Waals surface area contributed by atoms with Crippen LogP contribution in [0.5, 0.6) is 0 Å². The van der Waals surface area contributed by atoms with Crippen molar-refractivity contribution >= 4 is 28.5 Å². The molecule has 0 aliphatic carbocycles. The Hall–Kier alpha value is -1.95. The summed E-state index contributed by atoms with van der Waals surface area (Å²) in [5.74, 6) is 0.398. The predicted octanol–water partition coefficient (Wildman–Crippen LogP) is 3.52. The first-order valence-corrected chi connectivity index (χ1v) is 7.44. The van der Waals surface area contributed by atoms with E-state index in [1.54, 1.807) is 24.5 Å². The molecule has 2 rings (SSSR count). The van der Waals surface area contributed by atoms with Gasteiger partial charge in [-0.2, -0.15) is 0 Å². The lowest BCUT2D eigenvalue weighted by atomic mass is 10.2. The summed E-state index contributed by atoms with van der Waals surface area (Å²) >= 11 is 1.42. The molecule has 0 aliphatic heterocycles. The molecule has 106 valence electrons. The number of hydrogen-bond donors (Lipinski definition) is 1. The van der Waals surface area contributed by atoms with Gasteiger partial charge in [0.15, 0.2) is 0 Å². The number of anilines is 1. The van der Waals surface area contributed by atoms with Crippen molar-refractivity contribution in [1.29, 1.82) is 0 Å². The summed E-state index contributed by atoms with van der Waals surface area (Å²) in [5.41, 5.74) is 0. The number of carbonyl (C=O) groups is 1. The Morgan fingerprint density at radius 2 is 2.35 bits per heavy atom. The zero-order valence-electron chi connectivity index (χ0n) is 11.3. The van der Waals surface area contributed by atoms with E-state index in [9.17, 15) is 4.79 Å². The maximum absolute atomic E-state index is 11.7. The van der Waals surface area contributed by atoms with Gasteiger partial charge in [0.2, 0.25) is 11.0 Å². The molecule has 2 aromatic rings. The number of amides is 1. The SMILES string of the molecule is CCCCCc1nnc(NC(=O)/C=C/c2ccco2)s1. The standard InChI is InChI=1S/C14H17N3O2S/c1-2-3-4-7-13-16-17-14(20-13)15-12(18)9-8-11-6-5-10-19-11/h5-6,8-10H,2-4,7H2,1H3,(H,15,17,18)/b9-8+. The van der Waals surface area contributed by atoms with Crippen LogP contribution in [0.25, 0.3) is 6.08 Å². The number of rotatable bonds is 7. The summed E-state index contributed by atoms with van der Waals surface area (Å²) in [5, 5.41) is 12.2. The number of carbonyl (C=O) groups excluding carboxylic acids is 1. The monoisotopic (exact) mass is 291 g/mol. The Morgan fingerprint density at radius 1 is 1.45 bits per heavy atom. The molecule has 6 heteroatoms. The molecule has 0 saturated heterocycles. The third kappa shape index (κ3) is 4.62. The van der Waals surface area contributed by atoms with Crippen LogP contribution in [0.4, 0.5) is 5.13 Å². The van der Waals surface area contributed by atoms with Crippen LogP contribution in [-0.2, 0) is 11.2 Å². The van der Waals surface area contributed by atoms with E-state index in [-0.39, 0.29) is 5.91 Å². The fraction of sp³-hybridized carbons (Fsp3) is 0.357. The molecule has 0 aliphatic rings. The summed E-state index contributed by atoms with van der Waals surface area (Å²) in [6.45, 7) is 2.16. The van der Waals surface area contributed by atoms with Gasteiger partial charge in [-0.3, -0.25) is 10.1 Å². The molecule has 0 atom stereocenters. The molecule has 20 heavy (non-hydrogen) atoms. The Balaban J connectivity index is 1.82. The second-order valence-electron chi connectivity index (χ2n) is 4.30. The Labute approximate surface area is 121 Å². The Morgan fingerprint density at radius 3 is 3.10 bits per heavy atom. The molecule has 0 spiro atoms. The lowest BCUT2D eigenvalue weighted by molar-refractivity contribution is -0.111. The summed E-state index contributed by atoms with van der Waals surface area (Å²) in [6, 6.07) is 3.55. The molecule has 2 aromatic heterocycles. The minimum Gasteiger partial charge on any atom is -0.465 e. The largest absolute Gasteiger partial charge is 0.465 e. The average molecular weight is 291 g/mol. The summed E-state index contributed by atoms with van der Waals surface area (Å²) < 4.78 is 5.10. The Kier molecular flexibility index (Phi) is 5.49. The van der Waals surface area contributed by atoms with Crippen molar-refractivity contribution in [3.63, 3.8) is 0 Å². The van der Waals surface area contributed by atoms with E-state index in [4.69, 9.17) is 4.42 Å². The van der Waals surface area contributed by atoms with Crippen molar-refractivity contribution in [2.24, 2.45) is 0 Å². The number of unbranched alkanes of at least 4 members (excludes halogenated alkanes) is 2. The molecule has 5 nitrogen and oxygen atoms in total. The summed E-state index contributed by atoms with van der Waals surface area (Å²) in [6.07, 6.45) is 8.98. The molecular formula is C14H17N3O2S. The van der Waals surface area contributed by atoms with Crippen molar-refractivity contribution in [2.45, 2.75) is 32.6 Å². The van der Waals surface area contributed by atoms with Gasteiger partial charge < -0.3 is 4.42 Å². The van der Waals surface area contributed by atoms with Crippen molar-refractivity contribution in [2.75, 3.05) is 5.32 Å². The van der Waals surface area contributed by atoms with Gasteiger partial charge in [0.05, 0.1) is 6.26 Å². The number of aromatic nitrogens is 2. The van der Waals surface area contributed by atoms with Gasteiger partial charge in [-0.05, 0) is 24.6 Å². The van der Waals surface area contributed by atoms with E-state index in [0.29, 0.717) is 10.9 Å². The third-order valence-electron chi connectivity index (χ3n) is 2.63. The highest BCUT2D eigenvalue weighted by Crippen LogP contribution is 2.17. The van der Waals surface area contributed by atoms with E-state index in [1.165, 1.54) is 30.3 Å². The molecular weight excluding hydrogens is 274 g/mol. The quantitative estimate of drug-likeness (QED) is 0.626. The third-order valence-corrected chi connectivity index (χ3v) is 3.53. The van der Waals surface area contributed by atoms with E-state index in [1.807, 2.05) is 0 Å². The highest BCUT2D eigenvalue weighted by Gasteiger charge is 2.06. The normalized spacial score (nSPS) is 11.1. The molecule has 1 N–H and O–H groups in total. The van der Waals surface area contributed by atoms with Crippen LogP contribution in [0.1, 0.15) is 37.0 Å². The van der Waals surface area contributed by atoms with Crippen LogP contribution in [-0.4, -0.2) is 16.1 Å². The molecule has 1 amide bonds. The minimum atomic E-state index is -0.238. The molecule has 0 aromatic carbocycles. The number of nitrogens with one attached hydrogen (secondary N) is 1. The first-order chi connectivity index (χ1) is 9.78. The van der Waals surface area contributed by atoms with Crippen LogP contribution >= 0.6 is 11.3 Å². The lowest BCUT2D eigenvalue weighted by Gasteiger charge is -1.94.